The summed E-state index contributed by atoms with van der Waals surface area (Å²) < 4.78 is 6.16. The summed E-state index contributed by atoms with van der Waals surface area (Å²) >= 11 is 0. The van der Waals surface area contributed by atoms with Gasteiger partial charge in [-0.25, -0.2) is 4.99 Å². The van der Waals surface area contributed by atoms with Gasteiger partial charge in [-0.1, -0.05) is 19.4 Å². The van der Waals surface area contributed by atoms with Crippen molar-refractivity contribution in [2.75, 3.05) is 19.6 Å². The molecule has 7 nitrogen and oxygen atoms in total. The van der Waals surface area contributed by atoms with Crippen molar-refractivity contribution in [2.45, 2.75) is 70.6 Å². The van der Waals surface area contributed by atoms with E-state index in [-0.39, 0.29) is 5.60 Å². The molecule has 2 heterocycles. The topological polar surface area (TPSA) is 82.8 Å². The minimum absolute atomic E-state index is 0.0300. The van der Waals surface area contributed by atoms with E-state index in [9.17, 15) is 0 Å². The molecule has 1 aromatic heterocycles. The summed E-state index contributed by atoms with van der Waals surface area (Å²) in [7, 11) is 0. The van der Waals surface area contributed by atoms with Crippen molar-refractivity contribution in [3.63, 3.8) is 0 Å². The number of aromatic amines is 1. The minimum Gasteiger partial charge on any atom is -0.488 e. The standard InChI is InChI=1S/C27H38N6O/c1-5-29-25(32-12-13-33(19(3)17-32)18(2)14-20-6-7-20)16-23(28)26-22-15-21(34-27(4)10-11-27)8-9-24(22)30-31-26/h5,8-9,15-16,18-20H,1,6-7,10-14,17,28H2,2-4H3,(H,30,31)/b23-16-,29-25?/t18?,19-/m1/s1. The van der Waals surface area contributed by atoms with Crippen LogP contribution in [-0.4, -0.2) is 63.2 Å². The number of hydrogen-bond donors (Lipinski definition) is 2. The zero-order valence-corrected chi connectivity index (χ0v) is 20.8. The van der Waals surface area contributed by atoms with Crippen LogP contribution in [0.4, 0.5) is 0 Å². The molecule has 3 fully saturated rings. The average Bonchev–Trinajstić information content (AvgIpc) is 3.72. The van der Waals surface area contributed by atoms with Crippen LogP contribution in [0, 0.1) is 5.92 Å². The van der Waals surface area contributed by atoms with Gasteiger partial charge in [0.25, 0.3) is 0 Å². The fourth-order valence-electron chi connectivity index (χ4n) is 5.16. The number of benzene rings is 1. The molecule has 2 aromatic rings. The Morgan fingerprint density at radius 2 is 2.18 bits per heavy atom. The van der Waals surface area contributed by atoms with Crippen molar-refractivity contribution in [3.05, 3.63) is 42.7 Å². The summed E-state index contributed by atoms with van der Waals surface area (Å²) in [6.07, 6.45) is 9.86. The lowest BCUT2D eigenvalue weighted by molar-refractivity contribution is 0.0796. The lowest BCUT2D eigenvalue weighted by atomic mass is 10.1. The second-order valence-corrected chi connectivity index (χ2v) is 10.7. The largest absolute Gasteiger partial charge is 0.488 e. The number of piperazine rings is 1. The molecule has 1 saturated heterocycles. The van der Waals surface area contributed by atoms with Crippen LogP contribution in [0.25, 0.3) is 16.6 Å². The summed E-state index contributed by atoms with van der Waals surface area (Å²) in [4.78, 5) is 9.55. The third kappa shape index (κ3) is 4.99. The Balaban J connectivity index is 1.33. The quantitative estimate of drug-likeness (QED) is 0.445. The number of nitrogens with zero attached hydrogens (tertiary/aromatic N) is 4. The molecule has 3 aliphatic rings. The van der Waals surface area contributed by atoms with Gasteiger partial charge in [-0.15, -0.1) is 0 Å². The molecule has 1 aliphatic heterocycles. The maximum absolute atomic E-state index is 6.59. The first kappa shape index (κ1) is 23.0. The van der Waals surface area contributed by atoms with E-state index in [0.717, 1.165) is 66.6 Å². The third-order valence-corrected chi connectivity index (χ3v) is 7.57. The van der Waals surface area contributed by atoms with E-state index in [1.807, 2.05) is 24.3 Å². The number of aromatic nitrogens is 2. The van der Waals surface area contributed by atoms with Gasteiger partial charge in [0.05, 0.1) is 11.2 Å². The van der Waals surface area contributed by atoms with Gasteiger partial charge < -0.3 is 15.4 Å². The van der Waals surface area contributed by atoms with E-state index < -0.39 is 0 Å². The molecule has 0 bridgehead atoms. The lowest BCUT2D eigenvalue weighted by Crippen LogP contribution is -2.56. The Bertz CT molecular complexity index is 1110. The van der Waals surface area contributed by atoms with Gasteiger partial charge in [-0.2, -0.15) is 5.10 Å². The first-order valence-electron chi connectivity index (χ1n) is 12.7. The monoisotopic (exact) mass is 462 g/mol. The Morgan fingerprint density at radius 3 is 2.85 bits per heavy atom. The number of fused-ring (bicyclic) bond motifs is 1. The van der Waals surface area contributed by atoms with Gasteiger partial charge in [0.15, 0.2) is 0 Å². The van der Waals surface area contributed by atoms with Crippen molar-refractivity contribution in [1.82, 2.24) is 20.0 Å². The smallest absolute Gasteiger partial charge is 0.130 e. The highest BCUT2D eigenvalue weighted by Gasteiger charge is 2.40. The summed E-state index contributed by atoms with van der Waals surface area (Å²) in [5.41, 5.74) is 8.81. The summed E-state index contributed by atoms with van der Waals surface area (Å²) in [5, 5.41) is 8.57. The van der Waals surface area contributed by atoms with Crippen molar-refractivity contribution in [2.24, 2.45) is 16.6 Å². The molecule has 7 heteroatoms. The predicted molar refractivity (Wildman–Crippen MR) is 139 cm³/mol. The third-order valence-electron chi connectivity index (χ3n) is 7.57. The average molecular weight is 463 g/mol. The first-order valence-corrected chi connectivity index (χ1v) is 12.7. The molecule has 0 radical (unpaired) electrons. The maximum atomic E-state index is 6.59. The lowest BCUT2D eigenvalue weighted by Gasteiger charge is -2.43. The van der Waals surface area contributed by atoms with Crippen LogP contribution in [0.1, 0.15) is 58.6 Å². The van der Waals surface area contributed by atoms with Gasteiger partial charge in [0, 0.05) is 49.4 Å². The fraction of sp³-hybridized carbons (Fsp3) is 0.556. The highest BCUT2D eigenvalue weighted by Crippen LogP contribution is 2.40. The van der Waals surface area contributed by atoms with Gasteiger partial charge in [0.1, 0.15) is 22.9 Å². The van der Waals surface area contributed by atoms with Gasteiger partial charge in [-0.05, 0) is 64.2 Å². The molecule has 2 atom stereocenters. The highest BCUT2D eigenvalue weighted by molar-refractivity contribution is 6.02. The molecule has 2 saturated carbocycles. The Labute approximate surface area is 202 Å². The van der Waals surface area contributed by atoms with Crippen LogP contribution >= 0.6 is 0 Å². The molecule has 34 heavy (non-hydrogen) atoms. The number of nitrogens with two attached hydrogens (primary N) is 1. The second-order valence-electron chi connectivity index (χ2n) is 10.7. The van der Waals surface area contributed by atoms with E-state index in [1.165, 1.54) is 19.3 Å². The first-order chi connectivity index (χ1) is 16.3. The predicted octanol–water partition coefficient (Wildman–Crippen LogP) is 4.53. The molecular formula is C27H38N6O. The number of ether oxygens (including phenoxy) is 1. The number of H-pyrrole nitrogens is 1. The molecule has 1 aromatic carbocycles. The van der Waals surface area contributed by atoms with E-state index in [4.69, 9.17) is 10.5 Å². The number of rotatable bonds is 8. The van der Waals surface area contributed by atoms with E-state index in [0.29, 0.717) is 17.8 Å². The normalized spacial score (nSPS) is 24.3. The number of hydrogen-bond acceptors (Lipinski definition) is 5. The number of nitrogens with one attached hydrogen (secondary N) is 1. The zero-order chi connectivity index (χ0) is 23.9. The highest BCUT2D eigenvalue weighted by atomic mass is 16.5. The Morgan fingerprint density at radius 1 is 1.38 bits per heavy atom. The summed E-state index contributed by atoms with van der Waals surface area (Å²) in [5.74, 6) is 2.64. The number of aliphatic imine (C=N–C) groups is 1. The van der Waals surface area contributed by atoms with Gasteiger partial charge in [-0.3, -0.25) is 10.00 Å². The summed E-state index contributed by atoms with van der Waals surface area (Å²) in [6, 6.07) is 7.12. The zero-order valence-electron chi connectivity index (χ0n) is 20.8. The molecular weight excluding hydrogens is 424 g/mol. The molecule has 1 unspecified atom stereocenters. The molecule has 0 spiro atoms. The van der Waals surface area contributed by atoms with Crippen LogP contribution in [0.15, 0.2) is 42.0 Å². The molecule has 3 N–H and O–H groups in total. The van der Waals surface area contributed by atoms with Crippen molar-refractivity contribution >= 4 is 22.4 Å². The van der Waals surface area contributed by atoms with Gasteiger partial charge >= 0.3 is 0 Å². The molecule has 2 aliphatic carbocycles. The SMILES string of the molecule is C=CN=C(/C=C(\N)c1n[nH]c2ccc(OC3(C)CC3)cc12)N1CCN(C(C)CC2CC2)[C@H](C)C1. The molecule has 5 rings (SSSR count). The Kier molecular flexibility index (Phi) is 6.15. The van der Waals surface area contributed by atoms with Crippen LogP contribution in [-0.2, 0) is 0 Å². The van der Waals surface area contributed by atoms with Crippen molar-refractivity contribution < 1.29 is 4.74 Å². The van der Waals surface area contributed by atoms with Crippen LogP contribution in [0.3, 0.4) is 0 Å². The van der Waals surface area contributed by atoms with Crippen molar-refractivity contribution in [1.29, 1.82) is 0 Å². The maximum Gasteiger partial charge on any atom is 0.130 e. The van der Waals surface area contributed by atoms with Crippen LogP contribution < -0.4 is 10.5 Å². The Hall–Kier alpha value is -2.80. The van der Waals surface area contributed by atoms with E-state index in [1.54, 1.807) is 6.20 Å². The van der Waals surface area contributed by atoms with E-state index in [2.05, 4.69) is 52.3 Å². The van der Waals surface area contributed by atoms with E-state index >= 15 is 0 Å². The van der Waals surface area contributed by atoms with Crippen LogP contribution in [0.2, 0.25) is 0 Å². The van der Waals surface area contributed by atoms with Crippen LogP contribution in [0.5, 0.6) is 5.75 Å². The minimum atomic E-state index is -0.0300. The fourth-order valence-corrected chi connectivity index (χ4v) is 5.16. The molecule has 0 amide bonds. The summed E-state index contributed by atoms with van der Waals surface area (Å²) in [6.45, 7) is 13.6. The van der Waals surface area contributed by atoms with Gasteiger partial charge in [0.2, 0.25) is 0 Å². The second kappa shape index (κ2) is 9.10. The molecule has 182 valence electrons. The van der Waals surface area contributed by atoms with Crippen molar-refractivity contribution in [3.8, 4) is 5.75 Å². The number of amidine groups is 1.